The molecule has 1 fully saturated rings. The number of aromatic hydroxyl groups is 2. The van der Waals surface area contributed by atoms with Gasteiger partial charge in [0.2, 0.25) is 11.6 Å². The van der Waals surface area contributed by atoms with E-state index in [4.69, 9.17) is 9.98 Å². The van der Waals surface area contributed by atoms with Gasteiger partial charge in [-0.3, -0.25) is 4.98 Å². The van der Waals surface area contributed by atoms with Crippen LogP contribution in [0.25, 0.3) is 11.7 Å². The maximum atomic E-state index is 10.0. The molecule has 0 unspecified atom stereocenters. The molecule has 0 saturated heterocycles. The minimum atomic E-state index is -0.129. The highest BCUT2D eigenvalue weighted by molar-refractivity contribution is 5.62. The maximum Gasteiger partial charge on any atom is 0.250 e. The molecule has 1 saturated carbocycles. The van der Waals surface area contributed by atoms with Crippen LogP contribution in [0.15, 0.2) is 47.6 Å². The van der Waals surface area contributed by atoms with E-state index < -0.39 is 0 Å². The number of H-pyrrole nitrogens is 1. The van der Waals surface area contributed by atoms with Gasteiger partial charge in [0.15, 0.2) is 17.4 Å². The van der Waals surface area contributed by atoms with E-state index in [2.05, 4.69) is 39.4 Å². The van der Waals surface area contributed by atoms with E-state index in [9.17, 15) is 10.2 Å². The van der Waals surface area contributed by atoms with Crippen molar-refractivity contribution in [2.75, 3.05) is 19.4 Å². The Balaban J connectivity index is 1.59. The van der Waals surface area contributed by atoms with Crippen LogP contribution >= 0.6 is 0 Å². The molecule has 0 atom stereocenters. The van der Waals surface area contributed by atoms with E-state index in [1.807, 2.05) is 30.3 Å². The predicted molar refractivity (Wildman–Crippen MR) is 129 cm³/mol. The molecule has 0 radical (unpaired) electrons. The molecule has 34 heavy (non-hydrogen) atoms. The first-order valence-electron chi connectivity index (χ1n) is 11.4. The van der Waals surface area contributed by atoms with Crippen LogP contribution in [0, 0.1) is 0 Å². The molecule has 3 heterocycles. The molecule has 5 rings (SSSR count). The highest BCUT2D eigenvalue weighted by Gasteiger charge is 2.22. The monoisotopic (exact) mass is 460 g/mol. The Morgan fingerprint density at radius 2 is 1.88 bits per heavy atom. The summed E-state index contributed by atoms with van der Waals surface area (Å²) >= 11 is 0. The molecule has 4 aromatic rings. The number of aromatic amines is 1. The van der Waals surface area contributed by atoms with Crippen molar-refractivity contribution in [3.63, 3.8) is 0 Å². The van der Waals surface area contributed by atoms with E-state index >= 15 is 0 Å². The normalized spacial score (nSPS) is 19.9. The van der Waals surface area contributed by atoms with Crippen LogP contribution in [0.1, 0.15) is 31.2 Å². The lowest BCUT2D eigenvalue weighted by Gasteiger charge is -2.30. The summed E-state index contributed by atoms with van der Waals surface area (Å²) in [6.45, 7) is 0. The standard InChI is InChI=1S/C24H28N8O2/c1-31(2)19-10-8-18(9-11-19)26-23-29-21-16(12-15-13-20(33)28-22(15)34)14-25-32(21)24(30-23)27-17-6-4-3-5-7-17/h3-7,12-14,18-19,28,33-34H,8-11H2,1-2H3,(H,26,27,30). The number of rotatable bonds is 5. The minimum absolute atomic E-state index is 0.120. The number of nitrogens with one attached hydrogen (secondary N) is 2. The highest BCUT2D eigenvalue weighted by atomic mass is 16.3. The van der Waals surface area contributed by atoms with E-state index in [-0.39, 0.29) is 17.8 Å². The lowest BCUT2D eigenvalue weighted by Crippen LogP contribution is -2.34. The molecule has 176 valence electrons. The summed E-state index contributed by atoms with van der Waals surface area (Å²) in [6.07, 6.45) is 7.54. The number of nitrogens with zero attached hydrogens (tertiary/aromatic N) is 6. The largest absolute Gasteiger partial charge is 0.494 e. The molecule has 10 heteroatoms. The Morgan fingerprint density at radius 1 is 1.12 bits per heavy atom. The van der Waals surface area contributed by atoms with Gasteiger partial charge in [-0.1, -0.05) is 18.2 Å². The molecule has 1 aliphatic carbocycles. The molecule has 0 bridgehead atoms. The smallest absolute Gasteiger partial charge is 0.250 e. The topological polar surface area (TPSA) is 127 Å². The third kappa shape index (κ3) is 4.58. The van der Waals surface area contributed by atoms with Crippen molar-refractivity contribution < 1.29 is 10.2 Å². The molecular formula is C24H28N8O2. The fraction of sp³-hybridized carbons (Fsp3) is 0.333. The van der Waals surface area contributed by atoms with Crippen LogP contribution in [0.2, 0.25) is 0 Å². The average Bonchev–Trinajstić information content (AvgIpc) is 3.37. The number of anilines is 2. The zero-order chi connectivity index (χ0) is 23.7. The average molecular weight is 461 g/mol. The van der Waals surface area contributed by atoms with E-state index in [1.165, 1.54) is 6.07 Å². The summed E-state index contributed by atoms with van der Waals surface area (Å²) in [5.74, 6) is 0.249. The Hall–Kier alpha value is -3.92. The Morgan fingerprint density at radius 3 is 2.56 bits per heavy atom. The van der Waals surface area contributed by atoms with Crippen LogP contribution in [-0.2, 0) is 0 Å². The van der Waals surface area contributed by atoms with Crippen LogP contribution < -0.4 is 16.2 Å². The predicted octanol–water partition coefficient (Wildman–Crippen LogP) is 1.93. The van der Waals surface area contributed by atoms with Gasteiger partial charge in [0.1, 0.15) is 0 Å². The fourth-order valence-electron chi connectivity index (χ4n) is 4.36. The first-order chi connectivity index (χ1) is 16.5. The van der Waals surface area contributed by atoms with Gasteiger partial charge >= 0.3 is 0 Å². The van der Waals surface area contributed by atoms with Crippen LogP contribution in [0.4, 0.5) is 11.6 Å². The number of hydrogen-bond acceptors (Lipinski definition) is 8. The van der Waals surface area contributed by atoms with Crippen molar-refractivity contribution in [3.05, 3.63) is 59.0 Å². The molecule has 1 aliphatic rings. The van der Waals surface area contributed by atoms with Crippen LogP contribution in [-0.4, -0.2) is 65.9 Å². The van der Waals surface area contributed by atoms with Crippen molar-refractivity contribution in [2.45, 2.75) is 37.8 Å². The van der Waals surface area contributed by atoms with Crippen molar-refractivity contribution in [2.24, 2.45) is 4.99 Å². The van der Waals surface area contributed by atoms with Gasteiger partial charge in [-0.15, -0.1) is 0 Å². The van der Waals surface area contributed by atoms with E-state index in [1.54, 1.807) is 16.8 Å². The summed E-state index contributed by atoms with van der Waals surface area (Å²) in [5, 5.41) is 28.1. The van der Waals surface area contributed by atoms with Crippen LogP contribution in [0.3, 0.4) is 0 Å². The summed E-state index contributed by atoms with van der Waals surface area (Å²) in [4.78, 5) is 19.0. The van der Waals surface area contributed by atoms with Gasteiger partial charge < -0.3 is 20.4 Å². The zero-order valence-corrected chi connectivity index (χ0v) is 19.2. The molecule has 3 aromatic heterocycles. The first-order valence-corrected chi connectivity index (χ1v) is 11.4. The minimum Gasteiger partial charge on any atom is -0.494 e. The van der Waals surface area contributed by atoms with Gasteiger partial charge in [-0.05, 0) is 58.0 Å². The van der Waals surface area contributed by atoms with Gasteiger partial charge in [0, 0.05) is 28.6 Å². The SMILES string of the molecule is CN(C)C1CCC(N=c2nc(Nc3ccccc3)n3ncc(=Cc4cc(O)[nH]c4O)c3n2)CC1. The Bertz CT molecular complexity index is 1400. The second-order valence-corrected chi connectivity index (χ2v) is 8.83. The molecule has 1 aromatic carbocycles. The van der Waals surface area contributed by atoms with E-state index in [0.29, 0.717) is 34.0 Å². The van der Waals surface area contributed by atoms with Gasteiger partial charge in [0.25, 0.3) is 0 Å². The molecular weight excluding hydrogens is 432 g/mol. The lowest BCUT2D eigenvalue weighted by molar-refractivity contribution is 0.216. The summed E-state index contributed by atoms with van der Waals surface area (Å²) in [6, 6.07) is 11.9. The molecule has 0 aliphatic heterocycles. The second-order valence-electron chi connectivity index (χ2n) is 8.83. The van der Waals surface area contributed by atoms with Crippen molar-refractivity contribution >= 4 is 23.4 Å². The third-order valence-corrected chi connectivity index (χ3v) is 6.23. The van der Waals surface area contributed by atoms with Crippen molar-refractivity contribution in [3.8, 4) is 11.8 Å². The number of benzene rings is 1. The first kappa shape index (κ1) is 21.9. The fourth-order valence-corrected chi connectivity index (χ4v) is 4.36. The number of fused-ring (bicyclic) bond motifs is 1. The number of aromatic nitrogens is 5. The van der Waals surface area contributed by atoms with Gasteiger partial charge in [-0.25, -0.2) is 4.99 Å². The number of hydrogen-bond donors (Lipinski definition) is 4. The van der Waals surface area contributed by atoms with Crippen LogP contribution in [0.5, 0.6) is 11.8 Å². The zero-order valence-electron chi connectivity index (χ0n) is 19.2. The summed E-state index contributed by atoms with van der Waals surface area (Å²) < 4.78 is 1.62. The molecule has 10 nitrogen and oxygen atoms in total. The molecule has 0 amide bonds. The number of para-hydroxylation sites is 1. The maximum absolute atomic E-state index is 10.0. The quantitative estimate of drug-likeness (QED) is 0.358. The van der Waals surface area contributed by atoms with Gasteiger partial charge in [0.05, 0.1) is 12.2 Å². The second kappa shape index (κ2) is 9.14. The third-order valence-electron chi connectivity index (χ3n) is 6.23. The summed E-state index contributed by atoms with van der Waals surface area (Å²) in [5.41, 5.74) is 2.25. The summed E-state index contributed by atoms with van der Waals surface area (Å²) in [7, 11) is 4.25. The van der Waals surface area contributed by atoms with E-state index in [0.717, 1.165) is 31.4 Å². The Labute approximate surface area is 196 Å². The van der Waals surface area contributed by atoms with Gasteiger partial charge in [-0.2, -0.15) is 19.6 Å². The van der Waals surface area contributed by atoms with Crippen molar-refractivity contribution in [1.82, 2.24) is 29.5 Å². The highest BCUT2D eigenvalue weighted by Crippen LogP contribution is 2.24. The lowest BCUT2D eigenvalue weighted by atomic mass is 9.91. The molecule has 0 spiro atoms. The Kier molecular flexibility index (Phi) is 5.89. The molecule has 4 N–H and O–H groups in total. The van der Waals surface area contributed by atoms with Crippen molar-refractivity contribution in [1.29, 1.82) is 0 Å².